The van der Waals surface area contributed by atoms with E-state index in [4.69, 9.17) is 9.47 Å². The Morgan fingerprint density at radius 3 is 3.00 bits per heavy atom. The van der Waals surface area contributed by atoms with Gasteiger partial charge in [0, 0.05) is 22.9 Å². The molecule has 1 amide bonds. The fourth-order valence-corrected chi connectivity index (χ4v) is 2.18. The molecule has 0 saturated carbocycles. The van der Waals surface area contributed by atoms with E-state index < -0.39 is 5.91 Å². The molecule has 124 valence electrons. The topological polar surface area (TPSA) is 113 Å². The van der Waals surface area contributed by atoms with Gasteiger partial charge in [0.2, 0.25) is 6.79 Å². The Hall–Kier alpha value is -3.13. The zero-order valence-corrected chi connectivity index (χ0v) is 12.8. The summed E-state index contributed by atoms with van der Waals surface area (Å²) < 4.78 is 10.4. The number of ether oxygens (including phenoxy) is 2. The zero-order valence-electron chi connectivity index (χ0n) is 12.8. The van der Waals surface area contributed by atoms with Gasteiger partial charge in [-0.3, -0.25) is 9.78 Å². The molecule has 3 N–H and O–H groups in total. The van der Waals surface area contributed by atoms with Crippen LogP contribution in [0.1, 0.15) is 27.2 Å². The van der Waals surface area contributed by atoms with Crippen LogP contribution in [0.5, 0.6) is 17.2 Å². The number of aromatic nitrogens is 1. The molecule has 0 spiro atoms. The van der Waals surface area contributed by atoms with Gasteiger partial charge in [0.25, 0.3) is 5.91 Å². The number of nitrogens with zero attached hydrogens (tertiary/aromatic N) is 2. The predicted octanol–water partition coefficient (Wildman–Crippen LogP) is 1.08. The predicted molar refractivity (Wildman–Crippen MR) is 84.2 cm³/mol. The van der Waals surface area contributed by atoms with E-state index >= 15 is 0 Å². The van der Waals surface area contributed by atoms with Crippen LogP contribution in [0.15, 0.2) is 29.5 Å². The summed E-state index contributed by atoms with van der Waals surface area (Å²) in [4.78, 5) is 16.0. The summed E-state index contributed by atoms with van der Waals surface area (Å²) in [7, 11) is 0. The number of carbonyl (C=O) groups is 1. The molecular formula is C16H15N3O5. The van der Waals surface area contributed by atoms with Crippen LogP contribution in [0.4, 0.5) is 0 Å². The third-order valence-corrected chi connectivity index (χ3v) is 3.52. The lowest BCUT2D eigenvalue weighted by Gasteiger charge is -2.07. The quantitative estimate of drug-likeness (QED) is 0.571. The minimum atomic E-state index is -0.444. The second-order valence-corrected chi connectivity index (χ2v) is 5.06. The molecule has 1 aliphatic heterocycles. The monoisotopic (exact) mass is 329 g/mol. The van der Waals surface area contributed by atoms with Crippen LogP contribution in [-0.2, 0) is 6.61 Å². The number of hydrogen-bond acceptors (Lipinski definition) is 7. The largest absolute Gasteiger partial charge is 0.505 e. The molecule has 1 aliphatic rings. The Balaban J connectivity index is 1.75. The van der Waals surface area contributed by atoms with Gasteiger partial charge < -0.3 is 19.7 Å². The molecular weight excluding hydrogens is 314 g/mol. The second-order valence-electron chi connectivity index (χ2n) is 5.06. The molecule has 8 nitrogen and oxygen atoms in total. The summed E-state index contributed by atoms with van der Waals surface area (Å²) in [6, 6.07) is 4.79. The van der Waals surface area contributed by atoms with Gasteiger partial charge in [-0.05, 0) is 25.1 Å². The van der Waals surface area contributed by atoms with E-state index in [1.54, 1.807) is 25.1 Å². The van der Waals surface area contributed by atoms with E-state index in [9.17, 15) is 15.0 Å². The van der Waals surface area contributed by atoms with Crippen molar-refractivity contribution in [1.82, 2.24) is 10.4 Å². The molecule has 2 aromatic rings. The molecule has 0 radical (unpaired) electrons. The van der Waals surface area contributed by atoms with E-state index in [-0.39, 0.29) is 19.1 Å². The van der Waals surface area contributed by atoms with Crippen LogP contribution in [0, 0.1) is 6.92 Å². The minimum Gasteiger partial charge on any atom is -0.505 e. The SMILES string of the molecule is Cc1ncc(CO)c(C=NNC(=O)c2ccc3c(c2)OCO3)c1O. The normalized spacial score (nSPS) is 12.6. The fourth-order valence-electron chi connectivity index (χ4n) is 2.18. The molecule has 0 bridgehead atoms. The summed E-state index contributed by atoms with van der Waals surface area (Å²) in [6.07, 6.45) is 2.70. The van der Waals surface area contributed by atoms with Gasteiger partial charge in [-0.15, -0.1) is 0 Å². The molecule has 0 saturated heterocycles. The number of pyridine rings is 1. The van der Waals surface area contributed by atoms with Crippen molar-refractivity contribution >= 4 is 12.1 Å². The number of hydrogen-bond donors (Lipinski definition) is 3. The highest BCUT2D eigenvalue weighted by atomic mass is 16.7. The number of aliphatic hydroxyl groups is 1. The van der Waals surface area contributed by atoms with Gasteiger partial charge in [-0.2, -0.15) is 5.10 Å². The van der Waals surface area contributed by atoms with Crippen molar-refractivity contribution in [2.24, 2.45) is 5.10 Å². The fraction of sp³-hybridized carbons (Fsp3) is 0.188. The van der Waals surface area contributed by atoms with Crippen molar-refractivity contribution in [3.8, 4) is 17.2 Å². The van der Waals surface area contributed by atoms with Crippen LogP contribution in [0.3, 0.4) is 0 Å². The van der Waals surface area contributed by atoms with Crippen LogP contribution in [0.25, 0.3) is 0 Å². The lowest BCUT2D eigenvalue weighted by molar-refractivity contribution is 0.0954. The first-order valence-corrected chi connectivity index (χ1v) is 7.11. The Morgan fingerprint density at radius 1 is 1.42 bits per heavy atom. The van der Waals surface area contributed by atoms with Gasteiger partial charge in [-0.25, -0.2) is 5.43 Å². The number of benzene rings is 1. The third kappa shape index (κ3) is 2.99. The Bertz CT molecular complexity index is 820. The minimum absolute atomic E-state index is 0.0948. The van der Waals surface area contributed by atoms with Crippen LogP contribution in [-0.4, -0.2) is 34.1 Å². The van der Waals surface area contributed by atoms with Crippen molar-refractivity contribution in [3.63, 3.8) is 0 Å². The van der Waals surface area contributed by atoms with Gasteiger partial charge in [0.1, 0.15) is 5.75 Å². The molecule has 2 heterocycles. The van der Waals surface area contributed by atoms with E-state index in [2.05, 4.69) is 15.5 Å². The van der Waals surface area contributed by atoms with E-state index in [1.807, 2.05) is 0 Å². The van der Waals surface area contributed by atoms with Crippen molar-refractivity contribution in [2.45, 2.75) is 13.5 Å². The summed E-state index contributed by atoms with van der Waals surface area (Å²) in [6.45, 7) is 1.44. The first kappa shape index (κ1) is 15.8. The highest BCUT2D eigenvalue weighted by Gasteiger charge is 2.16. The van der Waals surface area contributed by atoms with E-state index in [0.29, 0.717) is 33.9 Å². The van der Waals surface area contributed by atoms with Crippen molar-refractivity contribution < 1.29 is 24.5 Å². The zero-order chi connectivity index (χ0) is 17.1. The number of aryl methyl sites for hydroxylation is 1. The summed E-state index contributed by atoms with van der Waals surface area (Å²) >= 11 is 0. The number of nitrogens with one attached hydrogen (secondary N) is 1. The Labute approximate surface area is 137 Å². The maximum atomic E-state index is 12.1. The smallest absolute Gasteiger partial charge is 0.271 e. The molecule has 8 heteroatoms. The number of hydrazone groups is 1. The number of aliphatic hydroxyl groups excluding tert-OH is 1. The highest BCUT2D eigenvalue weighted by Crippen LogP contribution is 2.32. The number of carbonyl (C=O) groups excluding carboxylic acids is 1. The van der Waals surface area contributed by atoms with Crippen molar-refractivity contribution in [2.75, 3.05) is 6.79 Å². The van der Waals surface area contributed by atoms with Gasteiger partial charge in [0.05, 0.1) is 18.5 Å². The maximum absolute atomic E-state index is 12.1. The molecule has 0 aliphatic carbocycles. The molecule has 0 atom stereocenters. The number of fused-ring (bicyclic) bond motifs is 1. The van der Waals surface area contributed by atoms with Gasteiger partial charge >= 0.3 is 0 Å². The van der Waals surface area contributed by atoms with Crippen molar-refractivity contribution in [1.29, 1.82) is 0 Å². The average molecular weight is 329 g/mol. The molecule has 0 fully saturated rings. The van der Waals surface area contributed by atoms with Gasteiger partial charge in [-0.1, -0.05) is 0 Å². The number of aromatic hydroxyl groups is 1. The highest BCUT2D eigenvalue weighted by molar-refractivity contribution is 5.96. The lowest BCUT2D eigenvalue weighted by Crippen LogP contribution is -2.17. The standard InChI is InChI=1S/C16H15N3O5/c1-9-15(21)12(11(7-20)5-17-9)6-18-19-16(22)10-2-3-13-14(4-10)24-8-23-13/h2-6,20-21H,7-8H2,1H3,(H,19,22). The van der Waals surface area contributed by atoms with Crippen LogP contribution in [0.2, 0.25) is 0 Å². The first-order valence-electron chi connectivity index (χ1n) is 7.11. The lowest BCUT2D eigenvalue weighted by atomic mass is 10.1. The second kappa shape index (κ2) is 6.55. The molecule has 1 aromatic heterocycles. The number of rotatable bonds is 4. The summed E-state index contributed by atoms with van der Waals surface area (Å²) in [5, 5.41) is 23.1. The van der Waals surface area contributed by atoms with Crippen molar-refractivity contribution in [3.05, 3.63) is 46.8 Å². The summed E-state index contributed by atoms with van der Waals surface area (Å²) in [5.74, 6) is 0.541. The van der Waals surface area contributed by atoms with Gasteiger partial charge in [0.15, 0.2) is 11.5 Å². The first-order chi connectivity index (χ1) is 11.6. The average Bonchev–Trinajstić information content (AvgIpc) is 3.06. The van der Waals surface area contributed by atoms with Crippen LogP contribution >= 0.6 is 0 Å². The Morgan fingerprint density at radius 2 is 2.21 bits per heavy atom. The molecule has 24 heavy (non-hydrogen) atoms. The number of amides is 1. The van der Waals surface area contributed by atoms with E-state index in [1.165, 1.54) is 12.4 Å². The van der Waals surface area contributed by atoms with E-state index in [0.717, 1.165) is 0 Å². The summed E-state index contributed by atoms with van der Waals surface area (Å²) in [5.41, 5.74) is 3.82. The molecule has 0 unspecified atom stereocenters. The Kier molecular flexibility index (Phi) is 4.30. The molecule has 1 aromatic carbocycles. The third-order valence-electron chi connectivity index (χ3n) is 3.52. The van der Waals surface area contributed by atoms with Crippen LogP contribution < -0.4 is 14.9 Å². The maximum Gasteiger partial charge on any atom is 0.271 e. The molecule has 3 rings (SSSR count).